The Bertz CT molecular complexity index is 473. The molecule has 0 saturated carbocycles. The highest BCUT2D eigenvalue weighted by molar-refractivity contribution is 5.98. The van der Waals surface area contributed by atoms with Gasteiger partial charge in [-0.25, -0.2) is 0 Å². The number of amidine groups is 1. The molecule has 1 aromatic heterocycles. The predicted octanol–water partition coefficient (Wildman–Crippen LogP) is 0.212. The molecule has 1 atom stereocenters. The Labute approximate surface area is 105 Å². The zero-order valence-corrected chi connectivity index (χ0v) is 10.6. The Balaban J connectivity index is 2.93. The van der Waals surface area contributed by atoms with E-state index in [1.807, 2.05) is 6.92 Å². The molecule has 1 amide bonds. The van der Waals surface area contributed by atoms with E-state index in [-0.39, 0.29) is 11.7 Å². The van der Waals surface area contributed by atoms with Crippen LogP contribution in [0.3, 0.4) is 0 Å². The number of amides is 1. The maximum Gasteiger partial charge on any atom is 0.253 e. The summed E-state index contributed by atoms with van der Waals surface area (Å²) in [6.45, 7) is 5.28. The zero-order valence-electron chi connectivity index (χ0n) is 10.6. The first-order valence-electron chi connectivity index (χ1n) is 5.61. The molecule has 0 radical (unpaired) electrons. The number of rotatable bonds is 4. The molecular weight excluding hydrogens is 234 g/mol. The summed E-state index contributed by atoms with van der Waals surface area (Å²) >= 11 is 0. The normalized spacial score (nSPS) is 13.2. The second-order valence-corrected chi connectivity index (χ2v) is 3.92. The fourth-order valence-corrected chi connectivity index (χ4v) is 1.41. The largest absolute Gasteiger partial charge is 0.409 e. The number of oxime groups is 1. The van der Waals surface area contributed by atoms with E-state index in [9.17, 15) is 4.79 Å². The minimum absolute atomic E-state index is 0.0554. The average Bonchev–Trinajstić information content (AvgIpc) is 2.37. The number of nitrogens with one attached hydrogen (secondary N) is 1. The average molecular weight is 251 g/mol. The summed E-state index contributed by atoms with van der Waals surface area (Å²) in [6, 6.07) is 1.11. The van der Waals surface area contributed by atoms with E-state index in [2.05, 4.69) is 20.7 Å². The third kappa shape index (κ3) is 3.16. The van der Waals surface area contributed by atoms with Crippen LogP contribution in [-0.4, -0.2) is 33.2 Å². The molecule has 4 N–H and O–H groups in total. The van der Waals surface area contributed by atoms with Crippen LogP contribution >= 0.6 is 0 Å². The Kier molecular flexibility index (Phi) is 4.59. The van der Waals surface area contributed by atoms with E-state index in [1.54, 1.807) is 19.9 Å². The predicted molar refractivity (Wildman–Crippen MR) is 66.5 cm³/mol. The van der Waals surface area contributed by atoms with E-state index in [0.29, 0.717) is 23.4 Å². The third-order valence-electron chi connectivity index (χ3n) is 2.48. The molecule has 0 saturated heterocycles. The van der Waals surface area contributed by atoms with Crippen molar-refractivity contribution in [1.82, 2.24) is 15.5 Å². The van der Waals surface area contributed by atoms with Crippen molar-refractivity contribution >= 4 is 11.7 Å². The molecule has 1 heterocycles. The summed E-state index contributed by atoms with van der Waals surface area (Å²) in [5.41, 5.74) is 7.14. The van der Waals surface area contributed by atoms with E-state index in [0.717, 1.165) is 0 Å². The maximum absolute atomic E-state index is 12.0. The van der Waals surface area contributed by atoms with Gasteiger partial charge in [0.25, 0.3) is 5.91 Å². The van der Waals surface area contributed by atoms with Gasteiger partial charge in [0.2, 0.25) is 0 Å². The van der Waals surface area contributed by atoms with Crippen molar-refractivity contribution in [1.29, 1.82) is 0 Å². The van der Waals surface area contributed by atoms with Crippen LogP contribution in [0, 0.1) is 6.92 Å². The first-order valence-corrected chi connectivity index (χ1v) is 5.61. The van der Waals surface area contributed by atoms with Gasteiger partial charge in [0.05, 0.1) is 23.0 Å². The van der Waals surface area contributed by atoms with Crippen molar-refractivity contribution in [3.05, 3.63) is 23.0 Å². The summed E-state index contributed by atoms with van der Waals surface area (Å²) in [6.07, 6.45) is 0.605. The van der Waals surface area contributed by atoms with Crippen LogP contribution in [0.4, 0.5) is 0 Å². The summed E-state index contributed by atoms with van der Waals surface area (Å²) < 4.78 is 0. The van der Waals surface area contributed by atoms with Gasteiger partial charge in [-0.2, -0.15) is 10.2 Å². The maximum atomic E-state index is 12.0. The van der Waals surface area contributed by atoms with Crippen LogP contribution in [-0.2, 0) is 6.42 Å². The molecule has 0 aromatic carbocycles. The number of hydrogen-bond acceptors (Lipinski definition) is 5. The number of nitrogens with zero attached hydrogens (tertiary/aromatic N) is 3. The molecule has 0 spiro atoms. The van der Waals surface area contributed by atoms with Gasteiger partial charge in [0, 0.05) is 0 Å². The van der Waals surface area contributed by atoms with Crippen molar-refractivity contribution in [2.45, 2.75) is 33.2 Å². The lowest BCUT2D eigenvalue weighted by atomic mass is 10.1. The number of nitrogens with two attached hydrogens (primary N) is 1. The fourth-order valence-electron chi connectivity index (χ4n) is 1.41. The van der Waals surface area contributed by atoms with Crippen LogP contribution in [0.25, 0.3) is 0 Å². The van der Waals surface area contributed by atoms with Crippen molar-refractivity contribution < 1.29 is 10.0 Å². The Morgan fingerprint density at radius 2 is 2.28 bits per heavy atom. The van der Waals surface area contributed by atoms with Gasteiger partial charge in [-0.1, -0.05) is 12.1 Å². The molecule has 0 fully saturated rings. The highest BCUT2D eigenvalue weighted by atomic mass is 16.4. The van der Waals surface area contributed by atoms with Crippen molar-refractivity contribution in [2.24, 2.45) is 10.9 Å². The summed E-state index contributed by atoms with van der Waals surface area (Å²) in [4.78, 5) is 12.0. The number of carbonyl (C=O) groups excluding carboxylic acids is 1. The van der Waals surface area contributed by atoms with Crippen LogP contribution in [0.15, 0.2) is 11.2 Å². The van der Waals surface area contributed by atoms with E-state index in [4.69, 9.17) is 10.9 Å². The molecule has 18 heavy (non-hydrogen) atoms. The Hall–Kier alpha value is -2.18. The van der Waals surface area contributed by atoms with Gasteiger partial charge >= 0.3 is 0 Å². The highest BCUT2D eigenvalue weighted by Crippen LogP contribution is 2.07. The van der Waals surface area contributed by atoms with Crippen molar-refractivity contribution in [3.63, 3.8) is 0 Å². The topological polar surface area (TPSA) is 113 Å². The van der Waals surface area contributed by atoms with Gasteiger partial charge in [-0.3, -0.25) is 4.79 Å². The van der Waals surface area contributed by atoms with Crippen LogP contribution in [0.1, 0.15) is 35.6 Å². The molecule has 98 valence electrons. The van der Waals surface area contributed by atoms with Crippen LogP contribution in [0.2, 0.25) is 0 Å². The smallest absolute Gasteiger partial charge is 0.253 e. The van der Waals surface area contributed by atoms with Crippen LogP contribution in [0.5, 0.6) is 0 Å². The van der Waals surface area contributed by atoms with Crippen molar-refractivity contribution in [2.75, 3.05) is 0 Å². The zero-order chi connectivity index (χ0) is 13.7. The Morgan fingerprint density at radius 1 is 1.61 bits per heavy atom. The first kappa shape index (κ1) is 13.9. The van der Waals surface area contributed by atoms with Gasteiger partial charge in [0.1, 0.15) is 0 Å². The standard InChI is InChI=1S/C11H17N5O2/c1-4-9-8(5-6(2)14-15-9)11(17)13-7(3)10(12)16-18/h5,7,18H,4H2,1-3H3,(H2,12,16)(H,13,17). The first-order chi connectivity index (χ1) is 8.49. The number of aryl methyl sites for hydroxylation is 2. The van der Waals surface area contributed by atoms with E-state index < -0.39 is 6.04 Å². The molecule has 1 unspecified atom stereocenters. The van der Waals surface area contributed by atoms with Gasteiger partial charge in [0.15, 0.2) is 5.84 Å². The Morgan fingerprint density at radius 3 is 2.83 bits per heavy atom. The van der Waals surface area contributed by atoms with E-state index >= 15 is 0 Å². The summed E-state index contributed by atoms with van der Waals surface area (Å²) in [5, 5.41) is 21.9. The molecule has 1 rings (SSSR count). The minimum atomic E-state index is -0.555. The fraction of sp³-hybridized carbons (Fsp3) is 0.455. The summed E-state index contributed by atoms with van der Waals surface area (Å²) in [7, 11) is 0. The SMILES string of the molecule is CCc1nnc(C)cc1C(=O)NC(C)C(N)=NO. The number of aromatic nitrogens is 2. The second-order valence-electron chi connectivity index (χ2n) is 3.92. The van der Waals surface area contributed by atoms with Gasteiger partial charge in [-0.15, -0.1) is 0 Å². The molecule has 7 nitrogen and oxygen atoms in total. The lowest BCUT2D eigenvalue weighted by Gasteiger charge is -2.13. The lowest BCUT2D eigenvalue weighted by Crippen LogP contribution is -2.42. The highest BCUT2D eigenvalue weighted by Gasteiger charge is 2.16. The number of carbonyl (C=O) groups is 1. The third-order valence-corrected chi connectivity index (χ3v) is 2.48. The molecule has 7 heteroatoms. The molecule has 0 aliphatic heterocycles. The van der Waals surface area contributed by atoms with E-state index in [1.165, 1.54) is 0 Å². The lowest BCUT2D eigenvalue weighted by molar-refractivity contribution is 0.0947. The number of hydrogen-bond donors (Lipinski definition) is 3. The summed E-state index contributed by atoms with van der Waals surface area (Å²) in [5.74, 6) is -0.371. The monoisotopic (exact) mass is 251 g/mol. The van der Waals surface area contributed by atoms with Crippen LogP contribution < -0.4 is 11.1 Å². The molecular formula is C11H17N5O2. The molecule has 0 aliphatic carbocycles. The van der Waals surface area contributed by atoms with Gasteiger partial charge in [-0.05, 0) is 26.3 Å². The van der Waals surface area contributed by atoms with Crippen molar-refractivity contribution in [3.8, 4) is 0 Å². The molecule has 0 bridgehead atoms. The quantitative estimate of drug-likeness (QED) is 0.306. The minimum Gasteiger partial charge on any atom is -0.409 e. The molecule has 0 aliphatic rings. The molecule has 1 aromatic rings. The second kappa shape index (κ2) is 5.95. The van der Waals surface area contributed by atoms with Gasteiger partial charge < -0.3 is 16.3 Å².